The fourth-order valence-electron chi connectivity index (χ4n) is 1.81. The monoisotopic (exact) mass is 239 g/mol. The first-order valence-electron chi connectivity index (χ1n) is 5.60. The van der Waals surface area contributed by atoms with E-state index in [1.807, 2.05) is 19.1 Å². The maximum Gasteiger partial charge on any atom is 0.126 e. The number of ether oxygens (including phenoxy) is 3. The first-order valence-corrected chi connectivity index (χ1v) is 5.60. The van der Waals surface area contributed by atoms with E-state index in [1.165, 1.54) is 0 Å². The molecule has 0 aliphatic rings. The molecule has 0 heterocycles. The average Bonchev–Trinajstić information content (AvgIpc) is 2.30. The highest BCUT2D eigenvalue weighted by Crippen LogP contribution is 2.30. The van der Waals surface area contributed by atoms with Crippen LogP contribution in [0.4, 0.5) is 0 Å². The van der Waals surface area contributed by atoms with Crippen LogP contribution in [0, 0.1) is 0 Å². The zero-order chi connectivity index (χ0) is 12.8. The van der Waals surface area contributed by atoms with Crippen molar-refractivity contribution in [2.24, 2.45) is 5.73 Å². The highest BCUT2D eigenvalue weighted by molar-refractivity contribution is 5.47. The molecule has 0 aliphatic heterocycles. The van der Waals surface area contributed by atoms with Crippen molar-refractivity contribution in [2.45, 2.75) is 26.0 Å². The topological polar surface area (TPSA) is 53.7 Å². The van der Waals surface area contributed by atoms with E-state index in [2.05, 4.69) is 0 Å². The molecule has 2 N–H and O–H groups in total. The minimum absolute atomic E-state index is 0.0768. The Morgan fingerprint density at radius 3 is 2.35 bits per heavy atom. The molecule has 1 atom stereocenters. The van der Waals surface area contributed by atoms with E-state index >= 15 is 0 Å². The van der Waals surface area contributed by atoms with Crippen molar-refractivity contribution in [3.63, 3.8) is 0 Å². The highest BCUT2D eigenvalue weighted by atomic mass is 16.5. The molecule has 0 aliphatic carbocycles. The molecular weight excluding hydrogens is 218 g/mol. The fraction of sp³-hybridized carbons (Fsp3) is 0.538. The molecule has 96 valence electrons. The predicted octanol–water partition coefficient (Wildman–Crippen LogP) is 1.74. The second kappa shape index (κ2) is 6.47. The molecule has 1 unspecified atom stereocenters. The summed E-state index contributed by atoms with van der Waals surface area (Å²) in [5.74, 6) is 1.57. The van der Waals surface area contributed by atoms with Gasteiger partial charge in [-0.1, -0.05) is 0 Å². The Morgan fingerprint density at radius 1 is 1.18 bits per heavy atom. The summed E-state index contributed by atoms with van der Waals surface area (Å²) in [5, 5.41) is 0. The van der Waals surface area contributed by atoms with Crippen molar-refractivity contribution < 1.29 is 14.2 Å². The van der Waals surface area contributed by atoms with Crippen LogP contribution in [0.25, 0.3) is 0 Å². The molecule has 1 aromatic carbocycles. The Morgan fingerprint density at radius 2 is 1.88 bits per heavy atom. The van der Waals surface area contributed by atoms with E-state index in [-0.39, 0.29) is 6.04 Å². The van der Waals surface area contributed by atoms with E-state index in [4.69, 9.17) is 19.9 Å². The first kappa shape index (κ1) is 13.8. The van der Waals surface area contributed by atoms with Gasteiger partial charge in [-0.2, -0.15) is 0 Å². The maximum atomic E-state index is 5.86. The van der Waals surface area contributed by atoms with Gasteiger partial charge in [0.1, 0.15) is 11.5 Å². The lowest BCUT2D eigenvalue weighted by atomic mass is 10.00. The Kier molecular flexibility index (Phi) is 5.25. The number of hydrogen-bond acceptors (Lipinski definition) is 4. The zero-order valence-corrected chi connectivity index (χ0v) is 10.9. The minimum atomic E-state index is 0.0768. The van der Waals surface area contributed by atoms with Crippen LogP contribution >= 0.6 is 0 Å². The smallest absolute Gasteiger partial charge is 0.126 e. The second-order valence-corrected chi connectivity index (χ2v) is 4.08. The average molecular weight is 239 g/mol. The van der Waals surface area contributed by atoms with Crippen molar-refractivity contribution in [3.05, 3.63) is 23.3 Å². The fourth-order valence-corrected chi connectivity index (χ4v) is 1.81. The Bertz CT molecular complexity index is 364. The number of hydrogen-bond donors (Lipinski definition) is 1. The molecule has 0 bridgehead atoms. The van der Waals surface area contributed by atoms with Crippen LogP contribution in [0.2, 0.25) is 0 Å². The van der Waals surface area contributed by atoms with Crippen molar-refractivity contribution in [1.29, 1.82) is 0 Å². The molecule has 0 amide bonds. The van der Waals surface area contributed by atoms with E-state index in [9.17, 15) is 0 Å². The van der Waals surface area contributed by atoms with Gasteiger partial charge >= 0.3 is 0 Å². The zero-order valence-electron chi connectivity index (χ0n) is 10.9. The normalized spacial score (nSPS) is 12.3. The van der Waals surface area contributed by atoms with E-state index in [1.54, 1.807) is 21.3 Å². The lowest BCUT2D eigenvalue weighted by molar-refractivity contribution is 0.183. The Labute approximate surface area is 103 Å². The van der Waals surface area contributed by atoms with E-state index in [0.717, 1.165) is 29.0 Å². The van der Waals surface area contributed by atoms with Gasteiger partial charge in [-0.25, -0.2) is 0 Å². The Hall–Kier alpha value is -1.26. The number of nitrogens with two attached hydrogens (primary N) is 1. The van der Waals surface area contributed by atoms with E-state index < -0.39 is 0 Å². The summed E-state index contributed by atoms with van der Waals surface area (Å²) in [4.78, 5) is 0. The lowest BCUT2D eigenvalue weighted by Crippen LogP contribution is -2.19. The standard InChI is InChI=1S/C13H21NO3/c1-9(14)5-12-10(8-15-2)6-11(16-3)7-13(12)17-4/h6-7,9H,5,8,14H2,1-4H3. The van der Waals surface area contributed by atoms with Crippen LogP contribution in [0.15, 0.2) is 12.1 Å². The highest BCUT2D eigenvalue weighted by Gasteiger charge is 2.13. The number of rotatable bonds is 6. The van der Waals surface area contributed by atoms with Gasteiger partial charge in [0.25, 0.3) is 0 Å². The predicted molar refractivity (Wildman–Crippen MR) is 67.6 cm³/mol. The molecular formula is C13H21NO3. The second-order valence-electron chi connectivity index (χ2n) is 4.08. The molecule has 17 heavy (non-hydrogen) atoms. The van der Waals surface area contributed by atoms with E-state index in [0.29, 0.717) is 6.61 Å². The molecule has 0 spiro atoms. The summed E-state index contributed by atoms with van der Waals surface area (Å²) in [6, 6.07) is 3.91. The van der Waals surface area contributed by atoms with Crippen LogP contribution in [0.1, 0.15) is 18.1 Å². The van der Waals surface area contributed by atoms with Crippen LogP contribution < -0.4 is 15.2 Å². The van der Waals surface area contributed by atoms with Crippen molar-refractivity contribution in [2.75, 3.05) is 21.3 Å². The third-order valence-electron chi connectivity index (χ3n) is 2.56. The Balaban J connectivity index is 3.19. The van der Waals surface area contributed by atoms with Crippen molar-refractivity contribution >= 4 is 0 Å². The first-order chi connectivity index (χ1) is 8.12. The summed E-state index contributed by atoms with van der Waals surface area (Å²) in [7, 11) is 4.95. The molecule has 0 saturated heterocycles. The summed E-state index contributed by atoms with van der Waals surface area (Å²) in [6.45, 7) is 2.50. The summed E-state index contributed by atoms with van der Waals surface area (Å²) in [5.41, 5.74) is 8.00. The third-order valence-corrected chi connectivity index (χ3v) is 2.56. The van der Waals surface area contributed by atoms with Gasteiger partial charge in [0, 0.05) is 24.8 Å². The molecule has 1 aromatic rings. The summed E-state index contributed by atoms with van der Waals surface area (Å²) >= 11 is 0. The van der Waals surface area contributed by atoms with Gasteiger partial charge in [0.05, 0.1) is 20.8 Å². The van der Waals surface area contributed by atoms with Crippen molar-refractivity contribution in [3.8, 4) is 11.5 Å². The van der Waals surface area contributed by atoms with Crippen molar-refractivity contribution in [1.82, 2.24) is 0 Å². The quantitative estimate of drug-likeness (QED) is 0.821. The SMILES string of the molecule is COCc1cc(OC)cc(OC)c1CC(C)N. The summed E-state index contributed by atoms with van der Waals surface area (Å²) < 4.78 is 15.8. The van der Waals surface area contributed by atoms with Crippen LogP contribution in [-0.2, 0) is 17.8 Å². The van der Waals surface area contributed by atoms with Gasteiger partial charge in [0.2, 0.25) is 0 Å². The number of benzene rings is 1. The maximum absolute atomic E-state index is 5.86. The molecule has 0 saturated carbocycles. The van der Waals surface area contributed by atoms with Gasteiger partial charge in [-0.3, -0.25) is 0 Å². The van der Waals surface area contributed by atoms with Gasteiger partial charge in [0.15, 0.2) is 0 Å². The third kappa shape index (κ3) is 3.61. The summed E-state index contributed by atoms with van der Waals surface area (Å²) in [6.07, 6.45) is 0.756. The van der Waals surface area contributed by atoms with Gasteiger partial charge in [-0.05, 0) is 25.0 Å². The van der Waals surface area contributed by atoms with Crippen LogP contribution in [0.3, 0.4) is 0 Å². The molecule has 0 aromatic heterocycles. The lowest BCUT2D eigenvalue weighted by Gasteiger charge is -2.17. The van der Waals surface area contributed by atoms with Gasteiger partial charge in [-0.15, -0.1) is 0 Å². The molecule has 0 fully saturated rings. The van der Waals surface area contributed by atoms with Crippen LogP contribution in [-0.4, -0.2) is 27.4 Å². The van der Waals surface area contributed by atoms with Crippen LogP contribution in [0.5, 0.6) is 11.5 Å². The molecule has 0 radical (unpaired) electrons. The molecule has 1 rings (SSSR count). The number of methoxy groups -OCH3 is 3. The minimum Gasteiger partial charge on any atom is -0.497 e. The molecule has 4 heteroatoms. The largest absolute Gasteiger partial charge is 0.497 e. The molecule has 4 nitrogen and oxygen atoms in total. The van der Waals surface area contributed by atoms with Gasteiger partial charge < -0.3 is 19.9 Å².